The largest absolute Gasteiger partial charge is 0.361 e. The summed E-state index contributed by atoms with van der Waals surface area (Å²) in [6.45, 7) is 8.03. The van der Waals surface area contributed by atoms with Crippen molar-refractivity contribution < 1.29 is 0 Å². The van der Waals surface area contributed by atoms with Gasteiger partial charge in [-0.15, -0.1) is 0 Å². The van der Waals surface area contributed by atoms with Crippen molar-refractivity contribution in [2.45, 2.75) is 26.3 Å². The Kier molecular flexibility index (Phi) is 4.29. The molecule has 3 rings (SSSR count). The van der Waals surface area contributed by atoms with E-state index in [-0.39, 0.29) is 0 Å². The van der Waals surface area contributed by atoms with Gasteiger partial charge in [-0.1, -0.05) is 27.3 Å². The van der Waals surface area contributed by atoms with Gasteiger partial charge in [0.25, 0.3) is 0 Å². The molecule has 0 radical (unpaired) electrons. The quantitative estimate of drug-likeness (QED) is 0.892. The highest BCUT2D eigenvalue weighted by Crippen LogP contribution is 2.29. The number of benzene rings is 1. The maximum absolute atomic E-state index is 4.64. The van der Waals surface area contributed by atoms with E-state index in [1.54, 1.807) is 11.3 Å². The van der Waals surface area contributed by atoms with Crippen molar-refractivity contribution in [3.05, 3.63) is 22.7 Å². The van der Waals surface area contributed by atoms with Gasteiger partial charge < -0.3 is 10.2 Å². The Morgan fingerprint density at radius 1 is 1.50 bits per heavy atom. The van der Waals surface area contributed by atoms with Crippen molar-refractivity contribution in [1.82, 2.24) is 9.88 Å². The lowest BCUT2D eigenvalue weighted by atomic mass is 10.1. The fourth-order valence-electron chi connectivity index (χ4n) is 2.70. The highest BCUT2D eigenvalue weighted by atomic mass is 79.9. The molecule has 1 aromatic heterocycles. The smallest absolute Gasteiger partial charge is 0.183 e. The average Bonchev–Trinajstić information content (AvgIpc) is 3.01. The van der Waals surface area contributed by atoms with E-state index in [4.69, 9.17) is 0 Å². The fraction of sp³-hybridized carbons (Fsp3) is 0.533. The second-order valence-corrected chi connectivity index (χ2v) is 7.70. The zero-order chi connectivity index (χ0) is 14.1. The summed E-state index contributed by atoms with van der Waals surface area (Å²) in [6.07, 6.45) is 1.29. The lowest BCUT2D eigenvalue weighted by molar-refractivity contribution is 0.266. The van der Waals surface area contributed by atoms with Crippen LogP contribution in [0.15, 0.2) is 22.7 Å². The topological polar surface area (TPSA) is 28.2 Å². The molecular weight excluding hydrogens is 334 g/mol. The van der Waals surface area contributed by atoms with Crippen LogP contribution in [0.3, 0.4) is 0 Å². The van der Waals surface area contributed by atoms with E-state index in [1.165, 1.54) is 24.2 Å². The van der Waals surface area contributed by atoms with Crippen LogP contribution >= 0.6 is 27.3 Å². The maximum Gasteiger partial charge on any atom is 0.183 e. The third-order valence-corrected chi connectivity index (χ3v) is 5.41. The van der Waals surface area contributed by atoms with Gasteiger partial charge in [-0.05, 0) is 50.9 Å². The van der Waals surface area contributed by atoms with Gasteiger partial charge in [0.15, 0.2) is 5.13 Å². The molecule has 1 saturated heterocycles. The molecule has 0 amide bonds. The molecule has 108 valence electrons. The highest BCUT2D eigenvalue weighted by molar-refractivity contribution is 9.10. The average molecular weight is 354 g/mol. The second kappa shape index (κ2) is 6.00. The number of nitrogens with zero attached hydrogens (tertiary/aromatic N) is 2. The number of nitrogens with one attached hydrogen (secondary N) is 1. The normalized spacial score (nSPS) is 20.1. The first-order valence-electron chi connectivity index (χ1n) is 7.16. The Labute approximate surface area is 132 Å². The molecular formula is C15H20BrN3S. The SMILES string of the molecule is CC(C)N1CCC(CNc2nc3ccc(Br)cc3s2)C1. The van der Waals surface area contributed by atoms with E-state index in [9.17, 15) is 0 Å². The summed E-state index contributed by atoms with van der Waals surface area (Å²) < 4.78 is 2.35. The van der Waals surface area contributed by atoms with Crippen molar-refractivity contribution in [3.8, 4) is 0 Å². The third-order valence-electron chi connectivity index (χ3n) is 3.94. The minimum absolute atomic E-state index is 0.666. The lowest BCUT2D eigenvalue weighted by Crippen LogP contribution is -2.29. The molecule has 3 nitrogen and oxygen atoms in total. The second-order valence-electron chi connectivity index (χ2n) is 5.76. The number of aromatic nitrogens is 1. The van der Waals surface area contributed by atoms with Crippen LogP contribution in [0.4, 0.5) is 5.13 Å². The van der Waals surface area contributed by atoms with E-state index in [0.717, 1.165) is 27.6 Å². The molecule has 2 heterocycles. The van der Waals surface area contributed by atoms with Crippen molar-refractivity contribution >= 4 is 42.6 Å². The summed E-state index contributed by atoms with van der Waals surface area (Å²) in [6, 6.07) is 6.91. The van der Waals surface area contributed by atoms with Crippen molar-refractivity contribution in [2.75, 3.05) is 25.0 Å². The Morgan fingerprint density at radius 3 is 3.10 bits per heavy atom. The van der Waals surface area contributed by atoms with Gasteiger partial charge in [-0.2, -0.15) is 0 Å². The number of hydrogen-bond donors (Lipinski definition) is 1. The van der Waals surface area contributed by atoms with Crippen LogP contribution < -0.4 is 5.32 Å². The molecule has 0 bridgehead atoms. The zero-order valence-electron chi connectivity index (χ0n) is 11.9. The fourth-order valence-corrected chi connectivity index (χ4v) is 4.13. The standard InChI is InChI=1S/C15H20BrN3S/c1-10(2)19-6-5-11(9-19)8-17-15-18-13-4-3-12(16)7-14(13)20-15/h3-4,7,10-11H,5-6,8-9H2,1-2H3,(H,17,18). The van der Waals surface area contributed by atoms with Crippen LogP contribution in [-0.4, -0.2) is 35.6 Å². The summed E-state index contributed by atoms with van der Waals surface area (Å²) in [5.74, 6) is 0.746. The molecule has 1 unspecified atom stereocenters. The van der Waals surface area contributed by atoms with Crippen molar-refractivity contribution in [2.24, 2.45) is 5.92 Å². The molecule has 1 aliphatic heterocycles. The minimum Gasteiger partial charge on any atom is -0.361 e. The molecule has 5 heteroatoms. The molecule has 20 heavy (non-hydrogen) atoms. The van der Waals surface area contributed by atoms with Crippen LogP contribution in [0.2, 0.25) is 0 Å². The summed E-state index contributed by atoms with van der Waals surface area (Å²) in [4.78, 5) is 7.20. The van der Waals surface area contributed by atoms with Gasteiger partial charge in [0.1, 0.15) is 0 Å². The summed E-state index contributed by atoms with van der Waals surface area (Å²) in [7, 11) is 0. The van der Waals surface area contributed by atoms with Crippen LogP contribution in [0, 0.1) is 5.92 Å². The van der Waals surface area contributed by atoms with E-state index >= 15 is 0 Å². The Bertz CT molecular complexity index is 596. The zero-order valence-corrected chi connectivity index (χ0v) is 14.3. The molecule has 0 spiro atoms. The third kappa shape index (κ3) is 3.15. The van der Waals surface area contributed by atoms with Gasteiger partial charge in [0.2, 0.25) is 0 Å². The van der Waals surface area contributed by atoms with Crippen LogP contribution in [0.25, 0.3) is 10.2 Å². The van der Waals surface area contributed by atoms with Gasteiger partial charge in [-0.3, -0.25) is 0 Å². The van der Waals surface area contributed by atoms with Crippen LogP contribution in [-0.2, 0) is 0 Å². The molecule has 2 aromatic rings. The molecule has 0 aliphatic carbocycles. The highest BCUT2D eigenvalue weighted by Gasteiger charge is 2.24. The minimum atomic E-state index is 0.666. The number of anilines is 1. The number of thiazole rings is 1. The Balaban J connectivity index is 1.60. The monoisotopic (exact) mass is 353 g/mol. The van der Waals surface area contributed by atoms with E-state index in [0.29, 0.717) is 6.04 Å². The first-order valence-corrected chi connectivity index (χ1v) is 8.77. The van der Waals surface area contributed by atoms with Crippen LogP contribution in [0.5, 0.6) is 0 Å². The maximum atomic E-state index is 4.64. The number of halogens is 1. The van der Waals surface area contributed by atoms with Gasteiger partial charge in [-0.25, -0.2) is 4.98 Å². The summed E-state index contributed by atoms with van der Waals surface area (Å²) in [5.41, 5.74) is 1.08. The first-order chi connectivity index (χ1) is 9.61. The first kappa shape index (κ1) is 14.3. The predicted molar refractivity (Wildman–Crippen MR) is 90.6 cm³/mol. The van der Waals surface area contributed by atoms with Gasteiger partial charge in [0.05, 0.1) is 10.2 Å². The number of likely N-dealkylation sites (tertiary alicyclic amines) is 1. The molecule has 1 atom stereocenters. The Hall–Kier alpha value is -0.650. The summed E-state index contributed by atoms with van der Waals surface area (Å²) in [5, 5.41) is 4.56. The van der Waals surface area contributed by atoms with Gasteiger partial charge >= 0.3 is 0 Å². The summed E-state index contributed by atoms with van der Waals surface area (Å²) >= 11 is 5.24. The molecule has 1 aromatic carbocycles. The van der Waals surface area contributed by atoms with Gasteiger partial charge in [0, 0.05) is 23.6 Å². The Morgan fingerprint density at radius 2 is 2.35 bits per heavy atom. The van der Waals surface area contributed by atoms with E-state index in [1.807, 2.05) is 6.07 Å². The number of rotatable bonds is 4. The van der Waals surface area contributed by atoms with Crippen molar-refractivity contribution in [1.29, 1.82) is 0 Å². The number of hydrogen-bond acceptors (Lipinski definition) is 4. The van der Waals surface area contributed by atoms with Crippen molar-refractivity contribution in [3.63, 3.8) is 0 Å². The molecule has 1 N–H and O–H groups in total. The van der Waals surface area contributed by atoms with E-state index in [2.05, 4.69) is 57.1 Å². The number of fused-ring (bicyclic) bond motifs is 1. The van der Waals surface area contributed by atoms with Crippen LogP contribution in [0.1, 0.15) is 20.3 Å². The van der Waals surface area contributed by atoms with E-state index < -0.39 is 0 Å². The molecule has 1 aliphatic rings. The molecule has 0 saturated carbocycles. The lowest BCUT2D eigenvalue weighted by Gasteiger charge is -2.20. The molecule has 1 fully saturated rings. The predicted octanol–water partition coefficient (Wildman–Crippen LogP) is 4.20.